The summed E-state index contributed by atoms with van der Waals surface area (Å²) in [6.45, 7) is 2.15. The highest BCUT2D eigenvalue weighted by molar-refractivity contribution is 8.00. The second-order valence-electron chi connectivity index (χ2n) is 7.17. The minimum atomic E-state index is -4.36. The van der Waals surface area contributed by atoms with Crippen LogP contribution in [0, 0.1) is 5.82 Å². The van der Waals surface area contributed by atoms with Crippen LogP contribution in [0.3, 0.4) is 0 Å². The van der Waals surface area contributed by atoms with E-state index in [0.29, 0.717) is 44.0 Å². The molecule has 2 aromatic rings. The van der Waals surface area contributed by atoms with Crippen LogP contribution in [0.25, 0.3) is 0 Å². The number of anilines is 2. The fourth-order valence-corrected chi connectivity index (χ4v) is 3.75. The van der Waals surface area contributed by atoms with Gasteiger partial charge in [0.2, 0.25) is 5.91 Å². The molecule has 1 fully saturated rings. The molecular weight excluding hydrogens is 448 g/mol. The van der Waals surface area contributed by atoms with E-state index in [-0.39, 0.29) is 41.0 Å². The summed E-state index contributed by atoms with van der Waals surface area (Å²) in [5.41, 5.74) is -3.45. The summed E-state index contributed by atoms with van der Waals surface area (Å²) in [4.78, 5) is 28.3. The van der Waals surface area contributed by atoms with Gasteiger partial charge in [0.05, 0.1) is 6.54 Å². The molecule has 0 spiro atoms. The lowest BCUT2D eigenvalue weighted by atomic mass is 10.3. The second kappa shape index (κ2) is 10.7. The van der Waals surface area contributed by atoms with Crippen molar-refractivity contribution in [2.45, 2.75) is 16.8 Å². The SMILES string of the molecule is O=C(CN1CCCN(C(=O)Nc2ccc(SC(F)(F)F)cc2)CC1)Nc1ccc(F)cc1. The molecule has 3 rings (SSSR count). The number of carbonyl (C=O) groups excluding carboxylic acids is 2. The van der Waals surface area contributed by atoms with E-state index in [4.69, 9.17) is 0 Å². The number of rotatable bonds is 5. The molecule has 6 nitrogen and oxygen atoms in total. The number of alkyl halides is 3. The number of halogens is 4. The molecule has 1 heterocycles. The highest BCUT2D eigenvalue weighted by atomic mass is 32.2. The van der Waals surface area contributed by atoms with Gasteiger partial charge in [0.1, 0.15) is 5.82 Å². The number of nitrogens with zero attached hydrogens (tertiary/aromatic N) is 2. The van der Waals surface area contributed by atoms with Gasteiger partial charge in [0.15, 0.2) is 0 Å². The zero-order chi connectivity index (χ0) is 23.1. The first-order valence-electron chi connectivity index (χ1n) is 9.87. The van der Waals surface area contributed by atoms with E-state index in [2.05, 4.69) is 10.6 Å². The third-order valence-electron chi connectivity index (χ3n) is 4.71. The van der Waals surface area contributed by atoms with E-state index in [1.54, 1.807) is 4.90 Å². The van der Waals surface area contributed by atoms with Crippen LogP contribution in [0.4, 0.5) is 33.7 Å². The lowest BCUT2D eigenvalue weighted by Gasteiger charge is -2.22. The third-order valence-corrected chi connectivity index (χ3v) is 5.45. The molecule has 1 aliphatic heterocycles. The number of amides is 3. The second-order valence-corrected chi connectivity index (χ2v) is 8.31. The van der Waals surface area contributed by atoms with Gasteiger partial charge < -0.3 is 15.5 Å². The van der Waals surface area contributed by atoms with E-state index < -0.39 is 5.51 Å². The fraction of sp³-hybridized carbons (Fsp3) is 0.333. The van der Waals surface area contributed by atoms with Gasteiger partial charge in [-0.15, -0.1) is 0 Å². The minimum absolute atomic E-state index is 0.0415. The van der Waals surface area contributed by atoms with Crippen LogP contribution in [0.15, 0.2) is 53.4 Å². The lowest BCUT2D eigenvalue weighted by Crippen LogP contribution is -2.39. The van der Waals surface area contributed by atoms with Crippen LogP contribution in [-0.2, 0) is 4.79 Å². The maximum absolute atomic E-state index is 13.0. The third kappa shape index (κ3) is 7.72. The van der Waals surface area contributed by atoms with E-state index in [1.807, 2.05) is 4.90 Å². The van der Waals surface area contributed by atoms with E-state index in [9.17, 15) is 27.2 Å². The molecular formula is C21H22F4N4O2S. The number of hydrogen-bond acceptors (Lipinski definition) is 4. The topological polar surface area (TPSA) is 64.7 Å². The van der Waals surface area contributed by atoms with Crippen molar-refractivity contribution in [3.05, 3.63) is 54.3 Å². The Bertz CT molecular complexity index is 923. The molecule has 1 aliphatic rings. The van der Waals surface area contributed by atoms with Crippen LogP contribution in [0.1, 0.15) is 6.42 Å². The summed E-state index contributed by atoms with van der Waals surface area (Å²) in [5, 5.41) is 5.40. The van der Waals surface area contributed by atoms with Gasteiger partial charge in [0.25, 0.3) is 0 Å². The molecule has 32 heavy (non-hydrogen) atoms. The van der Waals surface area contributed by atoms with Gasteiger partial charge in [-0.25, -0.2) is 9.18 Å². The molecule has 0 saturated carbocycles. The molecule has 2 aromatic carbocycles. The monoisotopic (exact) mass is 470 g/mol. The van der Waals surface area contributed by atoms with Crippen molar-refractivity contribution in [3.63, 3.8) is 0 Å². The van der Waals surface area contributed by atoms with Gasteiger partial charge in [-0.1, -0.05) is 0 Å². The maximum Gasteiger partial charge on any atom is 0.446 e. The Kier molecular flexibility index (Phi) is 7.97. The number of hydrogen-bond donors (Lipinski definition) is 2. The van der Waals surface area contributed by atoms with Crippen LogP contribution < -0.4 is 10.6 Å². The minimum Gasteiger partial charge on any atom is -0.325 e. The van der Waals surface area contributed by atoms with Crippen LogP contribution in [0.2, 0.25) is 0 Å². The predicted molar refractivity (Wildman–Crippen MR) is 115 cm³/mol. The van der Waals surface area contributed by atoms with Gasteiger partial charge in [0, 0.05) is 42.4 Å². The molecule has 3 amide bonds. The van der Waals surface area contributed by atoms with Crippen molar-refractivity contribution < 1.29 is 27.2 Å². The fourth-order valence-electron chi connectivity index (χ4n) is 3.21. The molecule has 0 bridgehead atoms. The first-order chi connectivity index (χ1) is 15.2. The van der Waals surface area contributed by atoms with E-state index >= 15 is 0 Å². The summed E-state index contributed by atoms with van der Waals surface area (Å²) in [6.07, 6.45) is 0.665. The number of urea groups is 1. The molecule has 0 unspecified atom stereocenters. The summed E-state index contributed by atoms with van der Waals surface area (Å²) >= 11 is -0.213. The average Bonchev–Trinajstić information content (AvgIpc) is 2.96. The standard InChI is InChI=1S/C21H22F4N4O2S/c22-15-2-4-16(5-3-15)26-19(30)14-28-10-1-11-29(13-12-28)20(31)27-17-6-8-18(9-7-17)32-21(23,24)25/h2-9H,1,10-14H2,(H,26,30)(H,27,31). The molecule has 0 radical (unpaired) electrons. The lowest BCUT2D eigenvalue weighted by molar-refractivity contribution is -0.117. The zero-order valence-corrected chi connectivity index (χ0v) is 17.8. The van der Waals surface area contributed by atoms with Gasteiger partial charge in [-0.05, 0) is 66.7 Å². The predicted octanol–water partition coefficient (Wildman–Crippen LogP) is 4.62. The Morgan fingerprint density at radius 1 is 0.875 bits per heavy atom. The molecule has 2 N–H and O–H groups in total. The molecule has 0 atom stereocenters. The van der Waals surface area contributed by atoms with Gasteiger partial charge in [-0.3, -0.25) is 9.69 Å². The zero-order valence-electron chi connectivity index (χ0n) is 17.0. The normalized spacial score (nSPS) is 15.2. The van der Waals surface area contributed by atoms with Gasteiger partial charge >= 0.3 is 11.5 Å². The summed E-state index contributed by atoms with van der Waals surface area (Å²) in [6, 6.07) is 10.6. The molecule has 0 aromatic heterocycles. The molecule has 0 aliphatic carbocycles. The highest BCUT2D eigenvalue weighted by Gasteiger charge is 2.29. The van der Waals surface area contributed by atoms with Crippen molar-refractivity contribution >= 4 is 35.1 Å². The van der Waals surface area contributed by atoms with Gasteiger partial charge in [-0.2, -0.15) is 13.2 Å². The largest absolute Gasteiger partial charge is 0.446 e. The van der Waals surface area contributed by atoms with Crippen molar-refractivity contribution in [2.75, 3.05) is 43.4 Å². The van der Waals surface area contributed by atoms with Crippen molar-refractivity contribution in [3.8, 4) is 0 Å². The van der Waals surface area contributed by atoms with E-state index in [1.165, 1.54) is 48.5 Å². The smallest absolute Gasteiger partial charge is 0.325 e. The summed E-state index contributed by atoms with van der Waals surface area (Å²) < 4.78 is 50.2. The van der Waals surface area contributed by atoms with Crippen molar-refractivity contribution in [2.24, 2.45) is 0 Å². The Hall–Kier alpha value is -2.79. The summed E-state index contributed by atoms with van der Waals surface area (Å²) in [7, 11) is 0. The molecule has 172 valence electrons. The number of carbonyl (C=O) groups is 2. The maximum atomic E-state index is 13.0. The van der Waals surface area contributed by atoms with Crippen molar-refractivity contribution in [1.82, 2.24) is 9.80 Å². The Morgan fingerprint density at radius 2 is 1.50 bits per heavy atom. The van der Waals surface area contributed by atoms with E-state index in [0.717, 1.165) is 0 Å². The quantitative estimate of drug-likeness (QED) is 0.495. The van der Waals surface area contributed by atoms with Crippen LogP contribution >= 0.6 is 11.8 Å². The highest BCUT2D eigenvalue weighted by Crippen LogP contribution is 2.37. The molecule has 11 heteroatoms. The Balaban J connectivity index is 1.46. The van der Waals surface area contributed by atoms with Crippen molar-refractivity contribution in [1.29, 1.82) is 0 Å². The first-order valence-corrected chi connectivity index (χ1v) is 10.7. The first kappa shape index (κ1) is 23.9. The number of nitrogens with one attached hydrogen (secondary N) is 2. The number of benzene rings is 2. The van der Waals surface area contributed by atoms with Crippen LogP contribution in [0.5, 0.6) is 0 Å². The number of thioether (sulfide) groups is 1. The Labute approximate surface area is 186 Å². The Morgan fingerprint density at radius 3 is 2.16 bits per heavy atom. The molecule has 1 saturated heterocycles. The van der Waals surface area contributed by atoms with Crippen LogP contribution in [-0.4, -0.2) is 60.0 Å². The summed E-state index contributed by atoms with van der Waals surface area (Å²) in [5.74, 6) is -0.614. The average molecular weight is 470 g/mol.